The molecule has 2 aromatic carbocycles. The number of alkyl halides is 1. The van der Waals surface area contributed by atoms with Crippen LogP contribution in [0.25, 0.3) is 0 Å². The number of anilines is 2. The second-order valence-electron chi connectivity index (χ2n) is 4.78. The van der Waals surface area contributed by atoms with Gasteiger partial charge in [0, 0.05) is 23.2 Å². The van der Waals surface area contributed by atoms with Gasteiger partial charge in [-0.2, -0.15) is 0 Å². The molecule has 92 valence electrons. The number of nitrogens with zero attached hydrogens (tertiary/aromatic N) is 1. The molecule has 1 aliphatic rings. The summed E-state index contributed by atoms with van der Waals surface area (Å²) in [5, 5.41) is 0.921. The number of benzene rings is 2. The zero-order chi connectivity index (χ0) is 12.5. The van der Waals surface area contributed by atoms with E-state index in [1.807, 2.05) is 0 Å². The van der Waals surface area contributed by atoms with Gasteiger partial charge >= 0.3 is 0 Å². The van der Waals surface area contributed by atoms with Crippen LogP contribution in [0.1, 0.15) is 16.7 Å². The highest BCUT2D eigenvalue weighted by atomic mass is 79.9. The summed E-state index contributed by atoms with van der Waals surface area (Å²) in [5.41, 5.74) is 6.85. The summed E-state index contributed by atoms with van der Waals surface area (Å²) < 4.78 is 0. The van der Waals surface area contributed by atoms with Crippen molar-refractivity contribution in [3.8, 4) is 0 Å². The van der Waals surface area contributed by atoms with Gasteiger partial charge in [-0.15, -0.1) is 0 Å². The van der Waals surface area contributed by atoms with Crippen LogP contribution in [0.15, 0.2) is 42.5 Å². The molecule has 1 nitrogen and oxygen atoms in total. The zero-order valence-electron chi connectivity index (χ0n) is 10.5. The lowest BCUT2D eigenvalue weighted by molar-refractivity contribution is 0.992. The van der Waals surface area contributed by atoms with Gasteiger partial charge in [-0.3, -0.25) is 0 Å². The van der Waals surface area contributed by atoms with E-state index in [4.69, 9.17) is 0 Å². The minimum absolute atomic E-state index is 0.921. The normalized spacial score (nSPS) is 13.8. The summed E-state index contributed by atoms with van der Waals surface area (Å²) in [6, 6.07) is 15.4. The lowest BCUT2D eigenvalue weighted by Gasteiger charge is -2.22. The third-order valence-electron chi connectivity index (χ3n) is 3.59. The molecule has 0 radical (unpaired) electrons. The number of hydrogen-bond donors (Lipinski definition) is 0. The van der Waals surface area contributed by atoms with Gasteiger partial charge in [0.15, 0.2) is 0 Å². The number of para-hydroxylation sites is 1. The summed E-state index contributed by atoms with van der Waals surface area (Å²) in [6.07, 6.45) is 1.15. The Morgan fingerprint density at radius 3 is 2.72 bits per heavy atom. The van der Waals surface area contributed by atoms with Gasteiger partial charge in [-0.25, -0.2) is 0 Å². The molecule has 0 saturated heterocycles. The molecule has 2 heteroatoms. The number of fused-ring (bicyclic) bond motifs is 1. The van der Waals surface area contributed by atoms with Crippen molar-refractivity contribution in [1.82, 2.24) is 0 Å². The van der Waals surface area contributed by atoms with Gasteiger partial charge in [0.1, 0.15) is 0 Å². The molecule has 0 spiro atoms. The maximum atomic E-state index is 3.51. The summed E-state index contributed by atoms with van der Waals surface area (Å²) in [5.74, 6) is 0. The Morgan fingerprint density at radius 1 is 1.11 bits per heavy atom. The van der Waals surface area contributed by atoms with Gasteiger partial charge in [0.05, 0.1) is 0 Å². The van der Waals surface area contributed by atoms with E-state index in [1.54, 1.807) is 0 Å². The number of hydrogen-bond acceptors (Lipinski definition) is 1. The molecule has 0 bridgehead atoms. The van der Waals surface area contributed by atoms with Gasteiger partial charge in [0.25, 0.3) is 0 Å². The molecule has 1 heterocycles. The van der Waals surface area contributed by atoms with E-state index in [0.717, 1.165) is 18.3 Å². The molecule has 1 aliphatic heterocycles. The van der Waals surface area contributed by atoms with Crippen molar-refractivity contribution in [3.05, 3.63) is 59.2 Å². The van der Waals surface area contributed by atoms with Crippen molar-refractivity contribution in [2.24, 2.45) is 0 Å². The monoisotopic (exact) mass is 301 g/mol. The van der Waals surface area contributed by atoms with E-state index in [-0.39, 0.29) is 0 Å². The Hall–Kier alpha value is -1.28. The summed E-state index contributed by atoms with van der Waals surface area (Å²) in [6.45, 7) is 3.29. The third kappa shape index (κ3) is 1.95. The number of aryl methyl sites for hydroxylation is 1. The number of halogens is 1. The van der Waals surface area contributed by atoms with E-state index in [2.05, 4.69) is 70.2 Å². The van der Waals surface area contributed by atoms with E-state index < -0.39 is 0 Å². The Kier molecular flexibility index (Phi) is 3.13. The summed E-state index contributed by atoms with van der Waals surface area (Å²) in [4.78, 5) is 2.43. The summed E-state index contributed by atoms with van der Waals surface area (Å²) >= 11 is 3.51. The smallest absolute Gasteiger partial charge is 0.0444 e. The zero-order valence-corrected chi connectivity index (χ0v) is 12.1. The van der Waals surface area contributed by atoms with Crippen molar-refractivity contribution >= 4 is 27.3 Å². The van der Waals surface area contributed by atoms with Crippen molar-refractivity contribution in [2.45, 2.75) is 18.7 Å². The predicted octanol–water partition coefficient (Wildman–Crippen LogP) is 4.58. The first-order valence-corrected chi connectivity index (χ1v) is 7.42. The fourth-order valence-corrected chi connectivity index (χ4v) is 3.04. The first kappa shape index (κ1) is 11.8. The van der Waals surface area contributed by atoms with E-state index in [1.165, 1.54) is 28.1 Å². The quantitative estimate of drug-likeness (QED) is 0.734. The second kappa shape index (κ2) is 4.77. The molecule has 0 atom stereocenters. The fraction of sp³-hybridized carbons (Fsp3) is 0.250. The van der Waals surface area contributed by atoms with Crippen molar-refractivity contribution in [3.63, 3.8) is 0 Å². The molecule has 0 unspecified atom stereocenters. The van der Waals surface area contributed by atoms with Gasteiger partial charge in [0.2, 0.25) is 0 Å². The van der Waals surface area contributed by atoms with Crippen LogP contribution < -0.4 is 4.90 Å². The predicted molar refractivity (Wildman–Crippen MR) is 81.0 cm³/mol. The van der Waals surface area contributed by atoms with Crippen molar-refractivity contribution in [2.75, 3.05) is 11.4 Å². The third-order valence-corrected chi connectivity index (χ3v) is 4.24. The Morgan fingerprint density at radius 2 is 1.94 bits per heavy atom. The maximum absolute atomic E-state index is 3.51. The van der Waals surface area contributed by atoms with E-state index in [9.17, 15) is 0 Å². The van der Waals surface area contributed by atoms with Crippen LogP contribution in [0.2, 0.25) is 0 Å². The van der Waals surface area contributed by atoms with Gasteiger partial charge in [-0.05, 0) is 42.2 Å². The lowest BCUT2D eigenvalue weighted by Crippen LogP contribution is -2.14. The lowest BCUT2D eigenvalue weighted by atomic mass is 10.1. The maximum Gasteiger partial charge on any atom is 0.0444 e. The molecule has 0 N–H and O–H groups in total. The SMILES string of the molecule is Cc1cc(CBr)ccc1N1CCc2ccccc21. The van der Waals surface area contributed by atoms with Crippen molar-refractivity contribution in [1.29, 1.82) is 0 Å². The molecular formula is C16H16BrN. The molecule has 0 aromatic heterocycles. The minimum atomic E-state index is 0.921. The van der Waals surface area contributed by atoms with Crippen LogP contribution in [0.3, 0.4) is 0 Å². The highest BCUT2D eigenvalue weighted by Crippen LogP contribution is 2.36. The number of rotatable bonds is 2. The average molecular weight is 302 g/mol. The largest absolute Gasteiger partial charge is 0.341 e. The van der Waals surface area contributed by atoms with Crippen LogP contribution in [-0.2, 0) is 11.8 Å². The first-order valence-electron chi connectivity index (χ1n) is 6.30. The molecule has 0 aliphatic carbocycles. The van der Waals surface area contributed by atoms with Gasteiger partial charge in [-0.1, -0.05) is 46.3 Å². The van der Waals surface area contributed by atoms with Crippen LogP contribution in [0.5, 0.6) is 0 Å². The Labute approximate surface area is 117 Å². The van der Waals surface area contributed by atoms with Crippen LogP contribution in [0, 0.1) is 6.92 Å². The van der Waals surface area contributed by atoms with Crippen molar-refractivity contribution < 1.29 is 0 Å². The molecule has 0 saturated carbocycles. The molecule has 2 aromatic rings. The van der Waals surface area contributed by atoms with E-state index in [0.29, 0.717) is 0 Å². The van der Waals surface area contributed by atoms with Crippen LogP contribution >= 0.6 is 15.9 Å². The topological polar surface area (TPSA) is 3.24 Å². The first-order chi connectivity index (χ1) is 8.79. The second-order valence-corrected chi connectivity index (χ2v) is 5.35. The molecule has 3 rings (SSSR count). The molecule has 0 fully saturated rings. The summed E-state index contributed by atoms with van der Waals surface area (Å²) in [7, 11) is 0. The Bertz CT molecular complexity index is 577. The minimum Gasteiger partial charge on any atom is -0.341 e. The average Bonchev–Trinajstić information content (AvgIpc) is 2.82. The van der Waals surface area contributed by atoms with Crippen LogP contribution in [-0.4, -0.2) is 6.54 Å². The van der Waals surface area contributed by atoms with E-state index >= 15 is 0 Å². The van der Waals surface area contributed by atoms with Gasteiger partial charge < -0.3 is 4.90 Å². The molecule has 18 heavy (non-hydrogen) atoms. The molecule has 0 amide bonds. The fourth-order valence-electron chi connectivity index (χ4n) is 2.69. The highest BCUT2D eigenvalue weighted by Gasteiger charge is 2.20. The Balaban J connectivity index is 2.02. The van der Waals surface area contributed by atoms with Crippen LogP contribution in [0.4, 0.5) is 11.4 Å². The molecular weight excluding hydrogens is 286 g/mol. The standard InChI is InChI=1S/C16H16BrN/c1-12-10-13(11-17)6-7-15(12)18-9-8-14-4-2-3-5-16(14)18/h2-7,10H,8-9,11H2,1H3. The highest BCUT2D eigenvalue weighted by molar-refractivity contribution is 9.08.